The summed E-state index contributed by atoms with van der Waals surface area (Å²) in [5, 5.41) is 13.9. The van der Waals surface area contributed by atoms with Crippen LogP contribution in [0.3, 0.4) is 0 Å². The zero-order valence-electron chi connectivity index (χ0n) is 9.67. The summed E-state index contributed by atoms with van der Waals surface area (Å²) in [4.78, 5) is 0.850. The highest BCUT2D eigenvalue weighted by molar-refractivity contribution is 7.16. The van der Waals surface area contributed by atoms with E-state index in [1.54, 1.807) is 11.3 Å². The number of nitrogens with two attached hydrogens (primary N) is 1. The van der Waals surface area contributed by atoms with Gasteiger partial charge in [-0.15, -0.1) is 10.2 Å². The molecule has 3 rings (SSSR count). The van der Waals surface area contributed by atoms with Crippen LogP contribution in [-0.4, -0.2) is 39.1 Å². The van der Waals surface area contributed by atoms with E-state index in [-0.39, 0.29) is 6.04 Å². The fourth-order valence-corrected chi connectivity index (χ4v) is 3.00. The molecule has 0 bridgehead atoms. The molecule has 1 aliphatic rings. The lowest BCUT2D eigenvalue weighted by atomic mass is 10.1. The first-order chi connectivity index (χ1) is 8.24. The minimum absolute atomic E-state index is 0.122. The van der Waals surface area contributed by atoms with Crippen molar-refractivity contribution in [3.05, 3.63) is 10.8 Å². The molecule has 1 saturated heterocycles. The summed E-state index contributed by atoms with van der Waals surface area (Å²) >= 11 is 1.56. The van der Waals surface area contributed by atoms with Crippen molar-refractivity contribution in [3.63, 3.8) is 0 Å². The van der Waals surface area contributed by atoms with E-state index in [9.17, 15) is 0 Å². The van der Waals surface area contributed by atoms with Crippen LogP contribution in [0.2, 0.25) is 0 Å². The maximum Gasteiger partial charge on any atom is 0.234 e. The largest absolute Gasteiger partial charge is 0.381 e. The number of rotatable bonds is 3. The Morgan fingerprint density at radius 3 is 3.18 bits per heavy atom. The van der Waals surface area contributed by atoms with E-state index in [1.807, 2.05) is 11.4 Å². The Morgan fingerprint density at radius 2 is 2.47 bits per heavy atom. The van der Waals surface area contributed by atoms with E-state index < -0.39 is 0 Å². The number of fused-ring (bicyclic) bond motifs is 1. The van der Waals surface area contributed by atoms with E-state index >= 15 is 0 Å². The average Bonchev–Trinajstić information content (AvgIpc) is 2.89. The lowest BCUT2D eigenvalue weighted by Crippen LogP contribution is -2.17. The minimum Gasteiger partial charge on any atom is -0.381 e. The number of aromatic nitrogens is 4. The Kier molecular flexibility index (Phi) is 2.81. The van der Waals surface area contributed by atoms with Gasteiger partial charge in [0.1, 0.15) is 5.01 Å². The average molecular weight is 253 g/mol. The molecule has 2 N–H and O–H groups in total. The van der Waals surface area contributed by atoms with Gasteiger partial charge >= 0.3 is 0 Å². The summed E-state index contributed by atoms with van der Waals surface area (Å²) in [5.74, 6) is 1.25. The molecule has 0 aromatic carbocycles. The van der Waals surface area contributed by atoms with Gasteiger partial charge in [-0.2, -0.15) is 9.61 Å². The van der Waals surface area contributed by atoms with Crippen LogP contribution in [0.5, 0.6) is 0 Å². The first-order valence-corrected chi connectivity index (χ1v) is 6.60. The quantitative estimate of drug-likeness (QED) is 0.865. The molecule has 6 nitrogen and oxygen atoms in total. The Morgan fingerprint density at radius 1 is 1.59 bits per heavy atom. The van der Waals surface area contributed by atoms with Crippen molar-refractivity contribution in [1.82, 2.24) is 19.8 Å². The Labute approximate surface area is 103 Å². The first-order valence-electron chi connectivity index (χ1n) is 5.78. The third-order valence-corrected chi connectivity index (χ3v) is 3.77. The van der Waals surface area contributed by atoms with Gasteiger partial charge in [-0.05, 0) is 13.3 Å². The smallest absolute Gasteiger partial charge is 0.234 e. The van der Waals surface area contributed by atoms with Crippen LogP contribution < -0.4 is 5.73 Å². The van der Waals surface area contributed by atoms with E-state index in [2.05, 4.69) is 15.3 Å². The van der Waals surface area contributed by atoms with Gasteiger partial charge in [-0.3, -0.25) is 0 Å². The number of hydrogen-bond acceptors (Lipinski definition) is 6. The molecule has 2 aromatic rings. The second-order valence-electron chi connectivity index (χ2n) is 4.49. The fraction of sp³-hybridized carbons (Fsp3) is 0.700. The molecule has 0 radical (unpaired) electrons. The first kappa shape index (κ1) is 11.1. The zero-order chi connectivity index (χ0) is 11.8. The molecule has 2 unspecified atom stereocenters. The number of nitrogens with zero attached hydrogens (tertiary/aromatic N) is 4. The highest BCUT2D eigenvalue weighted by atomic mass is 32.1. The topological polar surface area (TPSA) is 78.3 Å². The van der Waals surface area contributed by atoms with Crippen LogP contribution in [0.15, 0.2) is 0 Å². The van der Waals surface area contributed by atoms with Gasteiger partial charge in [-0.25, -0.2) is 0 Å². The monoisotopic (exact) mass is 253 g/mol. The molecular formula is C10H15N5OS. The Balaban J connectivity index is 1.93. The van der Waals surface area contributed by atoms with Crippen molar-refractivity contribution in [3.8, 4) is 0 Å². The van der Waals surface area contributed by atoms with Crippen LogP contribution in [0, 0.1) is 0 Å². The molecule has 3 heterocycles. The molecule has 2 atom stereocenters. The Bertz CT molecular complexity index is 514. The predicted molar refractivity (Wildman–Crippen MR) is 64.2 cm³/mol. The van der Waals surface area contributed by atoms with Gasteiger partial charge in [0.2, 0.25) is 4.96 Å². The predicted octanol–water partition coefficient (Wildman–Crippen LogP) is 0.579. The van der Waals surface area contributed by atoms with Crippen LogP contribution in [-0.2, 0) is 11.2 Å². The summed E-state index contributed by atoms with van der Waals surface area (Å²) in [6, 6.07) is 0.122. The molecule has 0 aliphatic carbocycles. The molecule has 0 amide bonds. The van der Waals surface area contributed by atoms with Crippen LogP contribution >= 0.6 is 11.3 Å². The van der Waals surface area contributed by atoms with Crippen LogP contribution in [0.1, 0.15) is 30.1 Å². The van der Waals surface area contributed by atoms with E-state index in [4.69, 9.17) is 10.5 Å². The SMILES string of the molecule is CC(N)Cc1nn2c(C3CCOC3)nnc2s1. The van der Waals surface area contributed by atoms with E-state index in [0.29, 0.717) is 5.92 Å². The van der Waals surface area contributed by atoms with Crippen molar-refractivity contribution in [2.75, 3.05) is 13.2 Å². The summed E-state index contributed by atoms with van der Waals surface area (Å²) in [6.07, 6.45) is 1.79. The van der Waals surface area contributed by atoms with Crippen LogP contribution in [0.25, 0.3) is 4.96 Å². The summed E-state index contributed by atoms with van der Waals surface area (Å²) in [7, 11) is 0. The third kappa shape index (κ3) is 2.05. The number of hydrogen-bond donors (Lipinski definition) is 1. The second kappa shape index (κ2) is 4.32. The third-order valence-electron chi connectivity index (χ3n) is 2.85. The van der Waals surface area contributed by atoms with E-state index in [0.717, 1.165) is 41.8 Å². The standard InChI is InChI=1S/C10H15N5OS/c1-6(11)4-8-14-15-9(7-2-3-16-5-7)12-13-10(15)17-8/h6-7H,2-5,11H2,1H3. The lowest BCUT2D eigenvalue weighted by molar-refractivity contribution is 0.193. The molecular weight excluding hydrogens is 238 g/mol. The normalized spacial score (nSPS) is 22.4. The summed E-state index contributed by atoms with van der Waals surface area (Å²) in [6.45, 7) is 3.51. The van der Waals surface area contributed by atoms with Crippen molar-refractivity contribution in [1.29, 1.82) is 0 Å². The number of ether oxygens (including phenoxy) is 1. The zero-order valence-corrected chi connectivity index (χ0v) is 10.5. The van der Waals surface area contributed by atoms with Crippen LogP contribution in [0.4, 0.5) is 0 Å². The molecule has 2 aromatic heterocycles. The molecule has 7 heteroatoms. The highest BCUT2D eigenvalue weighted by Crippen LogP contribution is 2.25. The van der Waals surface area contributed by atoms with Gasteiger partial charge in [0, 0.05) is 25.0 Å². The highest BCUT2D eigenvalue weighted by Gasteiger charge is 2.24. The Hall–Kier alpha value is -1.05. The molecule has 1 fully saturated rings. The van der Waals surface area contributed by atoms with Crippen molar-refractivity contribution < 1.29 is 4.74 Å². The molecule has 1 aliphatic heterocycles. The van der Waals surface area contributed by atoms with Crippen molar-refractivity contribution in [2.45, 2.75) is 31.7 Å². The second-order valence-corrected chi connectivity index (χ2v) is 5.53. The van der Waals surface area contributed by atoms with E-state index in [1.165, 1.54) is 0 Å². The lowest BCUT2D eigenvalue weighted by Gasteiger charge is -2.02. The maximum atomic E-state index is 5.78. The minimum atomic E-state index is 0.122. The van der Waals surface area contributed by atoms with Crippen molar-refractivity contribution in [2.24, 2.45) is 5.73 Å². The molecule has 0 saturated carbocycles. The van der Waals surface area contributed by atoms with Crippen molar-refractivity contribution >= 4 is 16.3 Å². The van der Waals surface area contributed by atoms with Gasteiger partial charge in [-0.1, -0.05) is 11.3 Å². The fourth-order valence-electron chi connectivity index (χ4n) is 2.02. The maximum absolute atomic E-state index is 5.78. The van der Waals surface area contributed by atoms with Gasteiger partial charge < -0.3 is 10.5 Å². The molecule has 0 spiro atoms. The van der Waals surface area contributed by atoms with Gasteiger partial charge in [0.25, 0.3) is 0 Å². The van der Waals surface area contributed by atoms with Gasteiger partial charge in [0.15, 0.2) is 5.82 Å². The molecule has 17 heavy (non-hydrogen) atoms. The summed E-state index contributed by atoms with van der Waals surface area (Å²) < 4.78 is 7.22. The molecule has 92 valence electrons. The summed E-state index contributed by atoms with van der Waals surface area (Å²) in [5.41, 5.74) is 5.78. The van der Waals surface area contributed by atoms with Gasteiger partial charge in [0.05, 0.1) is 6.61 Å².